The molecule has 0 bridgehead atoms. The predicted octanol–water partition coefficient (Wildman–Crippen LogP) is 3.47. The number of aromatic nitrogens is 1. The number of nitrogens with zero attached hydrogens (tertiary/aromatic N) is 1. The molecule has 0 fully saturated rings. The maximum Gasteiger partial charge on any atom is 0.128 e. The van der Waals surface area contributed by atoms with Crippen LogP contribution < -0.4 is 10.1 Å². The van der Waals surface area contributed by atoms with Gasteiger partial charge in [-0.15, -0.1) is 11.3 Å². The number of aryl methyl sites for hydroxylation is 1. The second-order valence-electron chi connectivity index (χ2n) is 3.82. The van der Waals surface area contributed by atoms with E-state index in [4.69, 9.17) is 4.74 Å². The van der Waals surface area contributed by atoms with Gasteiger partial charge in [-0.1, -0.05) is 6.92 Å². The molecule has 1 aromatic heterocycles. The molecule has 0 atom stereocenters. The number of hydrogen-bond donors (Lipinski definition) is 1. The first-order valence-corrected chi connectivity index (χ1v) is 6.61. The third-order valence-corrected chi connectivity index (χ3v) is 3.52. The lowest BCUT2D eigenvalue weighted by molar-refractivity contribution is 0.411. The van der Waals surface area contributed by atoms with E-state index in [9.17, 15) is 4.39 Å². The monoisotopic (exact) mass is 266 g/mol. The summed E-state index contributed by atoms with van der Waals surface area (Å²) in [5.41, 5.74) is 1.66. The number of methoxy groups -OCH3 is 1. The zero-order valence-corrected chi connectivity index (χ0v) is 11.2. The molecule has 0 aliphatic rings. The molecule has 0 aliphatic carbocycles. The molecule has 0 unspecified atom stereocenters. The Hall–Kier alpha value is -1.62. The molecule has 96 valence electrons. The molecule has 1 N–H and O–H groups in total. The van der Waals surface area contributed by atoms with E-state index in [0.717, 1.165) is 17.1 Å². The van der Waals surface area contributed by atoms with Crippen LogP contribution in [0.25, 0.3) is 0 Å². The van der Waals surface area contributed by atoms with Gasteiger partial charge in [-0.25, -0.2) is 9.37 Å². The van der Waals surface area contributed by atoms with Crippen molar-refractivity contribution in [1.82, 2.24) is 4.98 Å². The van der Waals surface area contributed by atoms with Crippen LogP contribution in [0.5, 0.6) is 5.75 Å². The van der Waals surface area contributed by atoms with Crippen LogP contribution >= 0.6 is 11.3 Å². The van der Waals surface area contributed by atoms with Crippen molar-refractivity contribution in [3.63, 3.8) is 0 Å². The van der Waals surface area contributed by atoms with Crippen LogP contribution in [0, 0.1) is 5.82 Å². The molecule has 1 aromatic carbocycles. The highest BCUT2D eigenvalue weighted by Gasteiger charge is 2.03. The van der Waals surface area contributed by atoms with Crippen molar-refractivity contribution in [2.45, 2.75) is 19.9 Å². The lowest BCUT2D eigenvalue weighted by atomic mass is 10.3. The van der Waals surface area contributed by atoms with Gasteiger partial charge in [-0.2, -0.15) is 0 Å². The molecule has 2 aromatic rings. The molecule has 0 aliphatic heterocycles. The van der Waals surface area contributed by atoms with Crippen LogP contribution in [-0.4, -0.2) is 12.1 Å². The fraction of sp³-hybridized carbons (Fsp3) is 0.308. The molecule has 0 saturated heterocycles. The minimum atomic E-state index is -0.315. The number of thiazole rings is 1. The number of halogens is 1. The molecular formula is C13H15FN2OS. The number of hydrogen-bond acceptors (Lipinski definition) is 4. The fourth-order valence-electron chi connectivity index (χ4n) is 1.57. The Balaban J connectivity index is 2.03. The summed E-state index contributed by atoms with van der Waals surface area (Å²) >= 11 is 1.65. The van der Waals surface area contributed by atoms with E-state index >= 15 is 0 Å². The van der Waals surface area contributed by atoms with E-state index in [1.54, 1.807) is 17.4 Å². The highest BCUT2D eigenvalue weighted by Crippen LogP contribution is 2.20. The summed E-state index contributed by atoms with van der Waals surface area (Å²) in [7, 11) is 1.52. The van der Waals surface area contributed by atoms with Crippen LogP contribution in [0.3, 0.4) is 0 Å². The third-order valence-electron chi connectivity index (χ3n) is 2.48. The minimum Gasteiger partial charge on any atom is -0.497 e. The Morgan fingerprint density at radius 3 is 2.89 bits per heavy atom. The van der Waals surface area contributed by atoms with Gasteiger partial charge in [0.25, 0.3) is 0 Å². The van der Waals surface area contributed by atoms with Gasteiger partial charge in [0.05, 0.1) is 24.4 Å². The molecule has 0 spiro atoms. The molecule has 18 heavy (non-hydrogen) atoms. The van der Waals surface area contributed by atoms with E-state index in [2.05, 4.69) is 17.2 Å². The predicted molar refractivity (Wildman–Crippen MR) is 71.8 cm³/mol. The van der Waals surface area contributed by atoms with Crippen LogP contribution in [0.2, 0.25) is 0 Å². The van der Waals surface area contributed by atoms with Crippen molar-refractivity contribution in [3.8, 4) is 5.75 Å². The van der Waals surface area contributed by atoms with E-state index in [1.165, 1.54) is 19.2 Å². The molecule has 2 rings (SSSR count). The maximum atomic E-state index is 13.3. The smallest absolute Gasteiger partial charge is 0.128 e. The number of rotatable bonds is 5. The van der Waals surface area contributed by atoms with E-state index in [1.807, 2.05) is 5.38 Å². The molecule has 5 heteroatoms. The van der Waals surface area contributed by atoms with Crippen LogP contribution in [0.1, 0.15) is 17.6 Å². The summed E-state index contributed by atoms with van der Waals surface area (Å²) in [4.78, 5) is 4.44. The molecule has 3 nitrogen and oxygen atoms in total. The number of nitrogens with one attached hydrogen (secondary N) is 1. The first-order valence-electron chi connectivity index (χ1n) is 5.73. The first kappa shape index (κ1) is 12.8. The first-order chi connectivity index (χ1) is 8.71. The van der Waals surface area contributed by atoms with Gasteiger partial charge in [0.15, 0.2) is 0 Å². The largest absolute Gasteiger partial charge is 0.497 e. The van der Waals surface area contributed by atoms with E-state index < -0.39 is 0 Å². The Morgan fingerprint density at radius 2 is 2.22 bits per heavy atom. The fourth-order valence-corrected chi connectivity index (χ4v) is 2.31. The number of benzene rings is 1. The number of anilines is 1. The summed E-state index contributed by atoms with van der Waals surface area (Å²) < 4.78 is 18.3. The van der Waals surface area contributed by atoms with Gasteiger partial charge in [0.2, 0.25) is 0 Å². The topological polar surface area (TPSA) is 34.2 Å². The standard InChI is InChI=1S/C13H15FN2OS/c1-3-13-16-11(8-18-13)7-15-10-4-9(14)5-12(6-10)17-2/h4-6,8,15H,3,7H2,1-2H3. The van der Waals surface area contributed by atoms with Crippen molar-refractivity contribution in [2.24, 2.45) is 0 Å². The maximum absolute atomic E-state index is 13.3. The zero-order chi connectivity index (χ0) is 13.0. The summed E-state index contributed by atoms with van der Waals surface area (Å²) in [6.07, 6.45) is 0.943. The normalized spacial score (nSPS) is 10.4. The van der Waals surface area contributed by atoms with E-state index in [0.29, 0.717) is 18.0 Å². The Labute approximate surface area is 110 Å². The van der Waals surface area contributed by atoms with Crippen molar-refractivity contribution in [3.05, 3.63) is 40.1 Å². The van der Waals surface area contributed by atoms with Crippen LogP contribution in [-0.2, 0) is 13.0 Å². The van der Waals surface area contributed by atoms with Gasteiger partial charge in [0.1, 0.15) is 11.6 Å². The summed E-state index contributed by atoms with van der Waals surface area (Å²) in [5.74, 6) is 0.189. The molecule has 1 heterocycles. The SMILES string of the molecule is CCc1nc(CNc2cc(F)cc(OC)c2)cs1. The third kappa shape index (κ3) is 3.20. The second-order valence-corrected chi connectivity index (χ2v) is 4.76. The van der Waals surface area contributed by atoms with Crippen molar-refractivity contribution < 1.29 is 9.13 Å². The summed E-state index contributed by atoms with van der Waals surface area (Å²) in [5, 5.41) is 6.27. The highest BCUT2D eigenvalue weighted by molar-refractivity contribution is 7.09. The Morgan fingerprint density at radius 1 is 1.39 bits per heavy atom. The van der Waals surface area contributed by atoms with Crippen LogP contribution in [0.15, 0.2) is 23.6 Å². The van der Waals surface area contributed by atoms with Gasteiger partial charge >= 0.3 is 0 Å². The average Bonchev–Trinajstić information content (AvgIpc) is 2.83. The molecule has 0 amide bonds. The van der Waals surface area contributed by atoms with Gasteiger partial charge in [-0.05, 0) is 12.5 Å². The average molecular weight is 266 g/mol. The quantitative estimate of drug-likeness (QED) is 0.899. The molecule has 0 saturated carbocycles. The van der Waals surface area contributed by atoms with Gasteiger partial charge in [0, 0.05) is 23.2 Å². The Kier molecular flexibility index (Phi) is 4.15. The van der Waals surface area contributed by atoms with Gasteiger partial charge in [-0.3, -0.25) is 0 Å². The minimum absolute atomic E-state index is 0.315. The number of ether oxygens (including phenoxy) is 1. The Bertz CT molecular complexity index is 527. The highest BCUT2D eigenvalue weighted by atomic mass is 32.1. The van der Waals surface area contributed by atoms with Crippen LogP contribution in [0.4, 0.5) is 10.1 Å². The van der Waals surface area contributed by atoms with Gasteiger partial charge < -0.3 is 10.1 Å². The molecule has 0 radical (unpaired) electrons. The van der Waals surface area contributed by atoms with Crippen molar-refractivity contribution >= 4 is 17.0 Å². The zero-order valence-electron chi connectivity index (χ0n) is 10.4. The second kappa shape index (κ2) is 5.82. The lowest BCUT2D eigenvalue weighted by Crippen LogP contribution is -2.00. The van der Waals surface area contributed by atoms with E-state index in [-0.39, 0.29) is 5.82 Å². The summed E-state index contributed by atoms with van der Waals surface area (Å²) in [6, 6.07) is 4.55. The lowest BCUT2D eigenvalue weighted by Gasteiger charge is -2.07. The van der Waals surface area contributed by atoms with Crippen molar-refractivity contribution in [2.75, 3.05) is 12.4 Å². The molecular weight excluding hydrogens is 251 g/mol. The summed E-state index contributed by atoms with van der Waals surface area (Å²) in [6.45, 7) is 2.66. The van der Waals surface area contributed by atoms with Crippen molar-refractivity contribution in [1.29, 1.82) is 0 Å².